The van der Waals surface area contributed by atoms with Gasteiger partial charge in [-0.3, -0.25) is 4.79 Å². The summed E-state index contributed by atoms with van der Waals surface area (Å²) in [5.41, 5.74) is 2.00. The van der Waals surface area contributed by atoms with Gasteiger partial charge in [-0.15, -0.1) is 0 Å². The minimum Gasteiger partial charge on any atom is -0.479 e. The van der Waals surface area contributed by atoms with Crippen LogP contribution in [0.1, 0.15) is 49.1 Å². The van der Waals surface area contributed by atoms with Crippen molar-refractivity contribution in [3.63, 3.8) is 0 Å². The van der Waals surface area contributed by atoms with Crippen LogP contribution in [0.2, 0.25) is 0 Å². The normalized spacial score (nSPS) is 19.6. The number of benzene rings is 2. The molecule has 1 saturated heterocycles. The molecule has 3 aliphatic rings. The summed E-state index contributed by atoms with van der Waals surface area (Å²) in [6.07, 6.45) is 1.39. The fourth-order valence-corrected chi connectivity index (χ4v) is 5.66. The van der Waals surface area contributed by atoms with E-state index in [1.807, 2.05) is 36.4 Å². The molecule has 0 aromatic heterocycles. The second kappa shape index (κ2) is 9.00. The van der Waals surface area contributed by atoms with E-state index in [1.165, 1.54) is 11.9 Å². The Morgan fingerprint density at radius 2 is 1.57 bits per heavy atom. The molecule has 8 heteroatoms. The van der Waals surface area contributed by atoms with Crippen molar-refractivity contribution in [3.8, 4) is 11.1 Å². The van der Waals surface area contributed by atoms with Gasteiger partial charge in [-0.1, -0.05) is 48.5 Å². The predicted molar refractivity (Wildman–Crippen MR) is 128 cm³/mol. The van der Waals surface area contributed by atoms with Crippen LogP contribution in [0.15, 0.2) is 48.5 Å². The van der Waals surface area contributed by atoms with E-state index in [9.17, 15) is 19.5 Å². The fraction of sp³-hybridized carbons (Fsp3) is 0.444. The molecule has 1 aliphatic heterocycles. The molecule has 2 aromatic rings. The average molecular weight is 479 g/mol. The van der Waals surface area contributed by atoms with Crippen molar-refractivity contribution in [2.24, 2.45) is 0 Å². The first kappa shape index (κ1) is 23.4. The van der Waals surface area contributed by atoms with Crippen molar-refractivity contribution in [1.29, 1.82) is 0 Å². The van der Waals surface area contributed by atoms with Gasteiger partial charge in [0.2, 0.25) is 5.91 Å². The zero-order chi connectivity index (χ0) is 24.6. The van der Waals surface area contributed by atoms with E-state index in [1.54, 1.807) is 0 Å². The van der Waals surface area contributed by atoms with Crippen LogP contribution in [0.5, 0.6) is 0 Å². The third-order valence-corrected chi connectivity index (χ3v) is 7.97. The van der Waals surface area contributed by atoms with Crippen molar-refractivity contribution in [1.82, 2.24) is 10.2 Å². The second-order valence-electron chi connectivity index (χ2n) is 9.70. The zero-order valence-electron chi connectivity index (χ0n) is 19.8. The first-order valence-electron chi connectivity index (χ1n) is 12.1. The summed E-state index contributed by atoms with van der Waals surface area (Å²) >= 11 is 0. The molecule has 5 rings (SSSR count). The van der Waals surface area contributed by atoms with E-state index < -0.39 is 29.0 Å². The number of rotatable bonds is 6. The number of alkyl carbamates (subject to hydrolysis) is 1. The van der Waals surface area contributed by atoms with Gasteiger partial charge >= 0.3 is 12.1 Å². The molecule has 0 unspecified atom stereocenters. The summed E-state index contributed by atoms with van der Waals surface area (Å²) < 4.78 is 11.1. The molecule has 8 nitrogen and oxygen atoms in total. The number of carbonyl (C=O) groups excluding carboxylic acids is 2. The number of hydrogen-bond acceptors (Lipinski definition) is 5. The van der Waals surface area contributed by atoms with Crippen LogP contribution < -0.4 is 5.32 Å². The van der Waals surface area contributed by atoms with Gasteiger partial charge in [0.15, 0.2) is 0 Å². The third kappa shape index (κ3) is 3.86. The van der Waals surface area contributed by atoms with E-state index in [4.69, 9.17) is 9.47 Å². The first-order valence-corrected chi connectivity index (χ1v) is 12.1. The maximum atomic E-state index is 13.6. The van der Waals surface area contributed by atoms with Crippen LogP contribution in [0.25, 0.3) is 11.1 Å². The molecular weight excluding hydrogens is 448 g/mol. The molecule has 1 heterocycles. The number of hydrogen-bond donors (Lipinski definition) is 2. The summed E-state index contributed by atoms with van der Waals surface area (Å²) in [5, 5.41) is 12.6. The molecule has 35 heavy (non-hydrogen) atoms. The Morgan fingerprint density at radius 3 is 2.09 bits per heavy atom. The topological polar surface area (TPSA) is 105 Å². The van der Waals surface area contributed by atoms with Gasteiger partial charge in [0.25, 0.3) is 0 Å². The van der Waals surface area contributed by atoms with Gasteiger partial charge < -0.3 is 24.8 Å². The van der Waals surface area contributed by atoms with E-state index >= 15 is 0 Å². The van der Waals surface area contributed by atoms with Gasteiger partial charge in [0.05, 0.1) is 0 Å². The number of ether oxygens (including phenoxy) is 2. The molecule has 0 radical (unpaired) electrons. The Labute approximate surface area is 204 Å². The minimum absolute atomic E-state index is 0.0950. The standard InChI is InChI=1S/C27H30N2O6/c1-29(27(24(31)32)11-6-12-27)23(30)26(13-15-34-16-14-26)28-25(33)35-17-22-20-9-4-2-7-18(20)19-8-3-5-10-21(19)22/h2-5,7-10,22H,6,11-17H2,1H3,(H,28,33)(H,31,32). The van der Waals surface area contributed by atoms with Crippen molar-refractivity contribution in [2.75, 3.05) is 26.9 Å². The summed E-state index contributed by atoms with van der Waals surface area (Å²) in [5.74, 6) is -1.51. The number of likely N-dealkylation sites (N-methyl/N-ethyl adjacent to an activating group) is 1. The van der Waals surface area contributed by atoms with Crippen molar-refractivity contribution in [2.45, 2.75) is 49.1 Å². The molecule has 0 bridgehead atoms. The smallest absolute Gasteiger partial charge is 0.408 e. The van der Waals surface area contributed by atoms with Crippen molar-refractivity contribution in [3.05, 3.63) is 59.7 Å². The number of nitrogens with zero attached hydrogens (tertiary/aromatic N) is 1. The summed E-state index contributed by atoms with van der Waals surface area (Å²) in [4.78, 5) is 39.9. The lowest BCUT2D eigenvalue weighted by Gasteiger charge is -2.49. The molecule has 2 aromatic carbocycles. The number of aliphatic carboxylic acids is 1. The quantitative estimate of drug-likeness (QED) is 0.658. The molecule has 0 atom stereocenters. The minimum atomic E-state index is -1.26. The number of amides is 2. The number of nitrogens with one attached hydrogen (secondary N) is 1. The Balaban J connectivity index is 1.32. The molecule has 0 spiro atoms. The highest BCUT2D eigenvalue weighted by Gasteiger charge is 2.54. The molecule has 1 saturated carbocycles. The van der Waals surface area contributed by atoms with Gasteiger partial charge in [-0.25, -0.2) is 9.59 Å². The number of carboxylic acid groups (broad SMARTS) is 1. The van der Waals surface area contributed by atoms with Crippen molar-refractivity contribution < 1.29 is 29.0 Å². The lowest BCUT2D eigenvalue weighted by Crippen LogP contribution is -2.68. The fourth-order valence-electron chi connectivity index (χ4n) is 5.66. The first-order chi connectivity index (χ1) is 16.9. The SMILES string of the molecule is CN(C(=O)C1(NC(=O)OCC2c3ccccc3-c3ccccc32)CCOCC1)C1(C(=O)O)CCC1. The lowest BCUT2D eigenvalue weighted by molar-refractivity contribution is -0.168. The highest BCUT2D eigenvalue weighted by atomic mass is 16.5. The summed E-state index contributed by atoms with van der Waals surface area (Å²) in [6.45, 7) is 0.724. The van der Waals surface area contributed by atoms with E-state index in [0.717, 1.165) is 28.7 Å². The van der Waals surface area contributed by atoms with E-state index in [2.05, 4.69) is 17.4 Å². The lowest BCUT2D eigenvalue weighted by atomic mass is 9.74. The van der Waals surface area contributed by atoms with Gasteiger partial charge in [-0.2, -0.15) is 0 Å². The highest BCUT2D eigenvalue weighted by molar-refractivity contribution is 5.94. The molecule has 2 aliphatic carbocycles. The van der Waals surface area contributed by atoms with Gasteiger partial charge in [0, 0.05) is 39.0 Å². The van der Waals surface area contributed by atoms with Gasteiger partial charge in [0.1, 0.15) is 17.7 Å². The maximum absolute atomic E-state index is 13.6. The van der Waals surface area contributed by atoms with Crippen molar-refractivity contribution >= 4 is 18.0 Å². The molecular formula is C27H30N2O6. The Bertz CT molecular complexity index is 1110. The van der Waals surface area contributed by atoms with Crippen LogP contribution in [-0.4, -0.2) is 65.9 Å². The predicted octanol–water partition coefficient (Wildman–Crippen LogP) is 3.54. The van der Waals surface area contributed by atoms with Crippen LogP contribution in [0.3, 0.4) is 0 Å². The third-order valence-electron chi connectivity index (χ3n) is 7.97. The zero-order valence-corrected chi connectivity index (χ0v) is 19.8. The molecule has 184 valence electrons. The van der Waals surface area contributed by atoms with E-state index in [-0.39, 0.29) is 25.4 Å². The van der Waals surface area contributed by atoms with Crippen LogP contribution >= 0.6 is 0 Å². The Kier molecular flexibility index (Phi) is 6.01. The average Bonchev–Trinajstić information content (AvgIpc) is 3.15. The largest absolute Gasteiger partial charge is 0.479 e. The van der Waals surface area contributed by atoms with Gasteiger partial charge in [-0.05, 0) is 41.5 Å². The Hall–Kier alpha value is -3.39. The van der Waals surface area contributed by atoms with Crippen LogP contribution in [0, 0.1) is 0 Å². The molecule has 2 N–H and O–H groups in total. The second-order valence-corrected chi connectivity index (χ2v) is 9.70. The summed E-state index contributed by atoms with van der Waals surface area (Å²) in [7, 11) is 1.52. The summed E-state index contributed by atoms with van der Waals surface area (Å²) in [6, 6.07) is 16.2. The number of carboxylic acids is 1. The Morgan fingerprint density at radius 1 is 1.00 bits per heavy atom. The number of carbonyl (C=O) groups is 3. The molecule has 2 fully saturated rings. The monoisotopic (exact) mass is 478 g/mol. The van der Waals surface area contributed by atoms with E-state index in [0.29, 0.717) is 26.1 Å². The van der Waals surface area contributed by atoms with Crippen LogP contribution in [-0.2, 0) is 19.1 Å². The number of fused-ring (bicyclic) bond motifs is 3. The maximum Gasteiger partial charge on any atom is 0.408 e. The highest BCUT2D eigenvalue weighted by Crippen LogP contribution is 2.44. The van der Waals surface area contributed by atoms with Crippen LogP contribution in [0.4, 0.5) is 4.79 Å². The molecule has 2 amide bonds.